The average molecular weight is 443 g/mol. The molecule has 0 saturated carbocycles. The molecule has 0 atom stereocenters. The molecule has 33 heavy (non-hydrogen) atoms. The molecule has 2 aliphatic heterocycles. The van der Waals surface area contributed by atoms with Crippen molar-refractivity contribution in [2.24, 2.45) is 0 Å². The minimum absolute atomic E-state index is 0.292. The quantitative estimate of drug-likeness (QED) is 0.723. The van der Waals surface area contributed by atoms with Crippen LogP contribution in [0.1, 0.15) is 37.8 Å². The largest absolute Gasteiger partial charge is 0.381 e. The van der Waals surface area contributed by atoms with Gasteiger partial charge in [0.05, 0.1) is 5.70 Å². The molecule has 170 valence electrons. The van der Waals surface area contributed by atoms with E-state index in [2.05, 4.69) is 70.4 Å². The highest BCUT2D eigenvalue weighted by atomic mass is 16.3. The number of hydrogen-bond donors (Lipinski definition) is 1. The van der Waals surface area contributed by atoms with Crippen molar-refractivity contribution in [3.63, 3.8) is 0 Å². The van der Waals surface area contributed by atoms with Crippen LogP contribution >= 0.6 is 0 Å². The van der Waals surface area contributed by atoms with Crippen LogP contribution in [0.25, 0.3) is 0 Å². The number of hydrogen-bond acceptors (Lipinski definition) is 3. The van der Waals surface area contributed by atoms with Gasteiger partial charge in [0.25, 0.3) is 5.91 Å². The van der Waals surface area contributed by atoms with E-state index in [4.69, 9.17) is 0 Å². The SMILES string of the molecule is CN(C(=O)C(C)(C)O)C1=C(C=[N+]2CCc3ccccc32)CC/C1=C\N1CCc2ccccc21. The molecule has 2 heterocycles. The molecule has 0 bridgehead atoms. The highest BCUT2D eigenvalue weighted by Crippen LogP contribution is 2.37. The van der Waals surface area contributed by atoms with E-state index in [1.54, 1.807) is 25.8 Å². The molecule has 1 N–H and O–H groups in total. The second kappa shape index (κ2) is 8.31. The molecule has 0 saturated heterocycles. The van der Waals surface area contributed by atoms with Gasteiger partial charge in [-0.1, -0.05) is 36.4 Å². The van der Waals surface area contributed by atoms with E-state index in [0.717, 1.165) is 55.6 Å². The van der Waals surface area contributed by atoms with Crippen molar-refractivity contribution < 1.29 is 14.5 Å². The van der Waals surface area contributed by atoms with Gasteiger partial charge in [0.1, 0.15) is 5.60 Å². The van der Waals surface area contributed by atoms with Gasteiger partial charge in [-0.3, -0.25) is 4.79 Å². The Hall–Kier alpha value is -3.18. The molecule has 0 fully saturated rings. The molecule has 5 nitrogen and oxygen atoms in total. The number of carbonyl (C=O) groups excluding carboxylic acids is 1. The van der Waals surface area contributed by atoms with E-state index in [0.29, 0.717) is 0 Å². The second-order valence-electron chi connectivity index (χ2n) is 9.72. The molecule has 2 aromatic carbocycles. The lowest BCUT2D eigenvalue weighted by atomic mass is 10.1. The molecule has 1 aliphatic carbocycles. The van der Waals surface area contributed by atoms with Crippen molar-refractivity contribution in [2.75, 3.05) is 25.0 Å². The zero-order valence-corrected chi connectivity index (χ0v) is 19.7. The summed E-state index contributed by atoms with van der Waals surface area (Å²) in [5.41, 5.74) is 6.99. The maximum absolute atomic E-state index is 13.1. The topological polar surface area (TPSA) is 46.8 Å². The molecule has 0 spiro atoms. The number of nitrogens with zero attached hydrogens (tertiary/aromatic N) is 3. The van der Waals surface area contributed by atoms with Crippen molar-refractivity contribution in [1.82, 2.24) is 4.90 Å². The van der Waals surface area contributed by atoms with Gasteiger partial charge in [-0.15, -0.1) is 0 Å². The fraction of sp³-hybridized carbons (Fsp3) is 0.357. The Labute approximate surface area is 196 Å². The third kappa shape index (κ3) is 4.02. The normalized spacial score (nSPS) is 20.1. The van der Waals surface area contributed by atoms with E-state index >= 15 is 0 Å². The van der Waals surface area contributed by atoms with Crippen molar-refractivity contribution >= 4 is 23.5 Å². The van der Waals surface area contributed by atoms with Gasteiger partial charge in [-0.05, 0) is 50.3 Å². The summed E-state index contributed by atoms with van der Waals surface area (Å²) in [6.45, 7) is 5.00. The Morgan fingerprint density at radius 2 is 1.76 bits per heavy atom. The second-order valence-corrected chi connectivity index (χ2v) is 9.72. The van der Waals surface area contributed by atoms with Gasteiger partial charge in [-0.2, -0.15) is 4.58 Å². The van der Waals surface area contributed by atoms with Crippen LogP contribution in [0.2, 0.25) is 0 Å². The predicted octanol–water partition coefficient (Wildman–Crippen LogP) is 4.18. The number of allylic oxidation sites excluding steroid dienone is 2. The monoisotopic (exact) mass is 442 g/mol. The van der Waals surface area contributed by atoms with Crippen LogP contribution in [0.15, 0.2) is 71.6 Å². The minimum atomic E-state index is -1.43. The summed E-state index contributed by atoms with van der Waals surface area (Å²) in [6.07, 6.45) is 8.24. The number of fused-ring (bicyclic) bond motifs is 2. The van der Waals surface area contributed by atoms with E-state index in [1.807, 2.05) is 0 Å². The molecule has 2 aromatic rings. The van der Waals surface area contributed by atoms with Gasteiger partial charge in [0.2, 0.25) is 5.69 Å². The summed E-state index contributed by atoms with van der Waals surface area (Å²) < 4.78 is 2.31. The Morgan fingerprint density at radius 3 is 2.55 bits per heavy atom. The summed E-state index contributed by atoms with van der Waals surface area (Å²) in [6, 6.07) is 17.0. The van der Waals surface area contributed by atoms with Gasteiger partial charge in [0.15, 0.2) is 12.8 Å². The van der Waals surface area contributed by atoms with Crippen LogP contribution in [0.3, 0.4) is 0 Å². The fourth-order valence-electron chi connectivity index (χ4n) is 5.28. The fourth-order valence-corrected chi connectivity index (χ4v) is 5.28. The first-order valence-electron chi connectivity index (χ1n) is 11.8. The summed E-state index contributed by atoms with van der Waals surface area (Å²) >= 11 is 0. The van der Waals surface area contributed by atoms with Gasteiger partial charge in [0, 0.05) is 49.1 Å². The zero-order chi connectivity index (χ0) is 23.2. The van der Waals surface area contributed by atoms with Crippen molar-refractivity contribution in [3.05, 3.63) is 82.7 Å². The molecule has 5 rings (SSSR count). The average Bonchev–Trinajstić information content (AvgIpc) is 3.51. The smallest absolute Gasteiger partial charge is 0.258 e. The van der Waals surface area contributed by atoms with Gasteiger partial charge < -0.3 is 14.9 Å². The van der Waals surface area contributed by atoms with Crippen LogP contribution in [0.5, 0.6) is 0 Å². The lowest BCUT2D eigenvalue weighted by molar-refractivity contribution is -0.423. The van der Waals surface area contributed by atoms with Crippen LogP contribution in [-0.4, -0.2) is 52.4 Å². The molecular weight excluding hydrogens is 410 g/mol. The predicted molar refractivity (Wildman–Crippen MR) is 132 cm³/mol. The molecule has 0 radical (unpaired) electrons. The first-order valence-corrected chi connectivity index (χ1v) is 11.8. The Kier molecular flexibility index (Phi) is 5.45. The number of para-hydroxylation sites is 2. The molecule has 1 amide bonds. The van der Waals surface area contributed by atoms with Crippen LogP contribution < -0.4 is 4.90 Å². The van der Waals surface area contributed by atoms with Crippen LogP contribution in [0.4, 0.5) is 11.4 Å². The number of anilines is 1. The van der Waals surface area contributed by atoms with E-state index in [1.165, 1.54) is 22.5 Å². The molecule has 0 unspecified atom stereocenters. The number of likely N-dealkylation sites (N-methyl/N-ethyl adjacent to an activating group) is 1. The number of rotatable bonds is 4. The molecule has 0 aromatic heterocycles. The zero-order valence-electron chi connectivity index (χ0n) is 19.7. The summed E-state index contributed by atoms with van der Waals surface area (Å²) in [5, 5.41) is 10.5. The summed E-state index contributed by atoms with van der Waals surface area (Å²) in [5.74, 6) is -0.292. The van der Waals surface area contributed by atoms with Gasteiger partial charge >= 0.3 is 0 Å². The Balaban J connectivity index is 1.57. The van der Waals surface area contributed by atoms with Crippen molar-refractivity contribution in [3.8, 4) is 0 Å². The standard InChI is InChI=1S/C28H32N3O2/c1-28(2,33)27(32)29(3)26-22(18-30-16-14-20-8-4-6-10-24(20)30)12-13-23(26)19-31-17-15-21-9-5-7-11-25(21)31/h4-11,18-19,33H,12-17H2,1-3H3/q+1. The molecular formula is C28H32N3O2+. The lowest BCUT2D eigenvalue weighted by Gasteiger charge is -2.28. The maximum atomic E-state index is 13.1. The highest BCUT2D eigenvalue weighted by Gasteiger charge is 2.35. The molecule has 5 heteroatoms. The van der Waals surface area contributed by atoms with Crippen LogP contribution in [0, 0.1) is 0 Å². The van der Waals surface area contributed by atoms with E-state index in [9.17, 15) is 9.90 Å². The minimum Gasteiger partial charge on any atom is -0.381 e. The number of benzene rings is 2. The van der Waals surface area contributed by atoms with Crippen LogP contribution in [-0.2, 0) is 17.6 Å². The molecule has 3 aliphatic rings. The number of carbonyl (C=O) groups is 1. The number of amides is 1. The third-order valence-corrected chi connectivity index (χ3v) is 6.90. The Bertz CT molecular complexity index is 1200. The Morgan fingerprint density at radius 1 is 1.03 bits per heavy atom. The summed E-state index contributed by atoms with van der Waals surface area (Å²) in [4.78, 5) is 17.1. The van der Waals surface area contributed by atoms with E-state index < -0.39 is 5.60 Å². The number of aliphatic hydroxyl groups is 1. The first kappa shape index (κ1) is 21.7. The van der Waals surface area contributed by atoms with Crippen molar-refractivity contribution in [2.45, 2.75) is 45.1 Å². The van der Waals surface area contributed by atoms with Gasteiger partial charge in [-0.25, -0.2) is 0 Å². The third-order valence-electron chi connectivity index (χ3n) is 6.90. The summed E-state index contributed by atoms with van der Waals surface area (Å²) in [7, 11) is 1.79. The lowest BCUT2D eigenvalue weighted by Crippen LogP contribution is -2.43. The van der Waals surface area contributed by atoms with E-state index in [-0.39, 0.29) is 5.91 Å². The first-order chi connectivity index (χ1) is 15.8. The highest BCUT2D eigenvalue weighted by molar-refractivity contribution is 5.89. The van der Waals surface area contributed by atoms with Crippen molar-refractivity contribution in [1.29, 1.82) is 0 Å². The maximum Gasteiger partial charge on any atom is 0.258 e.